The van der Waals surface area contributed by atoms with Crippen molar-refractivity contribution < 1.29 is 0 Å². The van der Waals surface area contributed by atoms with Crippen LogP contribution in [0.2, 0.25) is 0 Å². The van der Waals surface area contributed by atoms with Gasteiger partial charge in [0.15, 0.2) is 5.17 Å². The summed E-state index contributed by atoms with van der Waals surface area (Å²) in [6.45, 7) is 6.56. The molecule has 2 aliphatic heterocycles. The van der Waals surface area contributed by atoms with Crippen molar-refractivity contribution in [3.63, 3.8) is 0 Å². The van der Waals surface area contributed by atoms with Gasteiger partial charge in [-0.15, -0.1) is 0 Å². The molecular formula is C18H22N4S. The molecule has 0 spiro atoms. The molecule has 2 aromatic rings. The van der Waals surface area contributed by atoms with E-state index in [0.29, 0.717) is 6.04 Å². The quantitative estimate of drug-likeness (QED) is 0.927. The van der Waals surface area contributed by atoms with Gasteiger partial charge in [0, 0.05) is 29.4 Å². The molecule has 4 heterocycles. The van der Waals surface area contributed by atoms with Crippen LogP contribution in [0.4, 0.5) is 0 Å². The van der Waals surface area contributed by atoms with E-state index in [0.717, 1.165) is 17.9 Å². The maximum Gasteiger partial charge on any atom is 0.160 e. The Morgan fingerprint density at radius 1 is 1.35 bits per heavy atom. The van der Waals surface area contributed by atoms with Crippen molar-refractivity contribution in [3.8, 4) is 0 Å². The highest BCUT2D eigenvalue weighted by atomic mass is 32.2. The molecule has 0 aromatic carbocycles. The zero-order valence-electron chi connectivity index (χ0n) is 13.8. The van der Waals surface area contributed by atoms with Crippen LogP contribution in [0.1, 0.15) is 48.1 Å². The molecule has 0 aliphatic carbocycles. The molecule has 2 aliphatic rings. The van der Waals surface area contributed by atoms with E-state index in [1.807, 2.05) is 24.0 Å². The van der Waals surface area contributed by atoms with Gasteiger partial charge < -0.3 is 9.88 Å². The molecule has 5 heteroatoms. The maximum absolute atomic E-state index is 5.06. The number of nitrogens with zero attached hydrogens (tertiary/aromatic N) is 3. The number of hydrogen-bond acceptors (Lipinski definition) is 4. The fourth-order valence-electron chi connectivity index (χ4n) is 3.74. The second-order valence-corrected chi connectivity index (χ2v) is 7.36. The fourth-order valence-corrected chi connectivity index (χ4v) is 5.08. The van der Waals surface area contributed by atoms with Gasteiger partial charge in [-0.3, -0.25) is 9.98 Å². The molecule has 3 unspecified atom stereocenters. The van der Waals surface area contributed by atoms with Crippen LogP contribution < -0.4 is 0 Å². The summed E-state index contributed by atoms with van der Waals surface area (Å²) in [5.74, 6) is 1.14. The number of pyridine rings is 1. The number of nitrogens with one attached hydrogen (secondary N) is 1. The molecular weight excluding hydrogens is 304 g/mol. The lowest BCUT2D eigenvalue weighted by molar-refractivity contribution is 0.254. The molecule has 4 nitrogen and oxygen atoms in total. The number of hydrogen-bond donors (Lipinski definition) is 1. The van der Waals surface area contributed by atoms with Crippen molar-refractivity contribution in [2.45, 2.75) is 45.3 Å². The van der Waals surface area contributed by atoms with Crippen molar-refractivity contribution >= 4 is 16.9 Å². The topological polar surface area (TPSA) is 44.3 Å². The second kappa shape index (κ2) is 5.71. The number of thioether (sulfide) groups is 1. The molecule has 1 fully saturated rings. The van der Waals surface area contributed by atoms with Gasteiger partial charge in [0.05, 0.1) is 11.7 Å². The first-order valence-electron chi connectivity index (χ1n) is 8.25. The lowest BCUT2D eigenvalue weighted by Gasteiger charge is -2.31. The molecule has 0 bridgehead atoms. The van der Waals surface area contributed by atoms with E-state index >= 15 is 0 Å². The molecule has 120 valence electrons. The number of aromatic nitrogens is 2. The highest BCUT2D eigenvalue weighted by Gasteiger charge is 2.46. The van der Waals surface area contributed by atoms with E-state index in [2.05, 4.69) is 53.8 Å². The number of aryl methyl sites for hydroxylation is 2. The lowest BCUT2D eigenvalue weighted by Crippen LogP contribution is -2.35. The lowest BCUT2D eigenvalue weighted by atomic mass is 9.95. The first kappa shape index (κ1) is 14.8. The maximum atomic E-state index is 5.06. The Morgan fingerprint density at radius 2 is 2.22 bits per heavy atom. The predicted octanol–water partition coefficient (Wildman–Crippen LogP) is 4.01. The van der Waals surface area contributed by atoms with E-state index in [1.54, 1.807) is 0 Å². The molecule has 0 amide bonds. The van der Waals surface area contributed by atoms with Gasteiger partial charge in [-0.05, 0) is 44.0 Å². The Balaban J connectivity index is 1.82. The van der Waals surface area contributed by atoms with Crippen molar-refractivity contribution in [1.82, 2.24) is 14.9 Å². The predicted molar refractivity (Wildman–Crippen MR) is 95.8 cm³/mol. The standard InChI is InChI=1S/C18H22N4S/c1-4-13-10-23-18-21-16(15-7-5-6-8-19-15)17(22(13)18)14-9-11(2)20-12(14)3/h5-9,13,16-17,20H,4,10H2,1-3H3. The molecule has 4 rings (SSSR count). The van der Waals surface area contributed by atoms with Gasteiger partial charge in [-0.1, -0.05) is 24.8 Å². The highest BCUT2D eigenvalue weighted by Crippen LogP contribution is 2.49. The minimum atomic E-state index is 0.0851. The summed E-state index contributed by atoms with van der Waals surface area (Å²) in [6.07, 6.45) is 3.02. The van der Waals surface area contributed by atoms with Crippen molar-refractivity contribution in [1.29, 1.82) is 0 Å². The average Bonchev–Trinajstić information content (AvgIpc) is 3.21. The molecule has 0 saturated carbocycles. The zero-order chi connectivity index (χ0) is 16.0. The number of amidine groups is 1. The molecule has 1 N–H and O–H groups in total. The highest BCUT2D eigenvalue weighted by molar-refractivity contribution is 8.14. The van der Waals surface area contributed by atoms with Crippen molar-refractivity contribution in [2.24, 2.45) is 4.99 Å². The van der Waals surface area contributed by atoms with Gasteiger partial charge in [0.2, 0.25) is 0 Å². The van der Waals surface area contributed by atoms with Crippen LogP contribution in [0.5, 0.6) is 0 Å². The van der Waals surface area contributed by atoms with Crippen LogP contribution in [0.15, 0.2) is 35.5 Å². The number of aliphatic imine (C=N–C) groups is 1. The van der Waals surface area contributed by atoms with Crippen LogP contribution in [-0.2, 0) is 0 Å². The SMILES string of the molecule is CCC1CSC2=NC(c3ccccn3)C(c3cc(C)[nH]c3C)N21. The van der Waals surface area contributed by atoms with Crippen molar-refractivity contribution in [3.05, 3.63) is 53.1 Å². The molecule has 1 saturated heterocycles. The molecule has 23 heavy (non-hydrogen) atoms. The molecule has 2 aromatic heterocycles. The van der Waals surface area contributed by atoms with Gasteiger partial charge in [-0.25, -0.2) is 0 Å². The van der Waals surface area contributed by atoms with Gasteiger partial charge in [-0.2, -0.15) is 0 Å². The number of fused-ring (bicyclic) bond motifs is 1. The van der Waals surface area contributed by atoms with Crippen LogP contribution in [-0.4, -0.2) is 31.8 Å². The first-order chi connectivity index (χ1) is 11.2. The Labute approximate surface area is 141 Å². The van der Waals surface area contributed by atoms with E-state index in [-0.39, 0.29) is 12.1 Å². The third kappa shape index (κ3) is 2.38. The first-order valence-corrected chi connectivity index (χ1v) is 9.23. The van der Waals surface area contributed by atoms with Crippen molar-refractivity contribution in [2.75, 3.05) is 5.75 Å². The third-order valence-electron chi connectivity index (χ3n) is 4.84. The van der Waals surface area contributed by atoms with Crippen LogP contribution >= 0.6 is 11.8 Å². The Bertz CT molecular complexity index is 737. The summed E-state index contributed by atoms with van der Waals surface area (Å²) in [6, 6.07) is 9.31. The summed E-state index contributed by atoms with van der Waals surface area (Å²) in [5, 5.41) is 1.19. The molecule has 3 atom stereocenters. The van der Waals surface area contributed by atoms with Crippen LogP contribution in [0.3, 0.4) is 0 Å². The van der Waals surface area contributed by atoms with E-state index in [9.17, 15) is 0 Å². The normalized spacial score (nSPS) is 26.5. The van der Waals surface area contributed by atoms with Gasteiger partial charge in [0.25, 0.3) is 0 Å². The Kier molecular flexibility index (Phi) is 3.68. The van der Waals surface area contributed by atoms with E-state index < -0.39 is 0 Å². The monoisotopic (exact) mass is 326 g/mol. The summed E-state index contributed by atoms with van der Waals surface area (Å²) in [7, 11) is 0. The Morgan fingerprint density at radius 3 is 2.87 bits per heavy atom. The van der Waals surface area contributed by atoms with Crippen LogP contribution in [0.25, 0.3) is 0 Å². The fraction of sp³-hybridized carbons (Fsp3) is 0.444. The van der Waals surface area contributed by atoms with Crippen LogP contribution in [0, 0.1) is 13.8 Å². The average molecular weight is 326 g/mol. The zero-order valence-corrected chi connectivity index (χ0v) is 14.6. The van der Waals surface area contributed by atoms with Gasteiger partial charge >= 0.3 is 0 Å². The minimum absolute atomic E-state index is 0.0851. The van der Waals surface area contributed by atoms with E-state index in [4.69, 9.17) is 4.99 Å². The number of aromatic amines is 1. The largest absolute Gasteiger partial charge is 0.362 e. The summed E-state index contributed by atoms with van der Waals surface area (Å²) >= 11 is 1.89. The number of H-pyrrole nitrogens is 1. The number of rotatable bonds is 3. The smallest absolute Gasteiger partial charge is 0.160 e. The summed E-state index contributed by atoms with van der Waals surface area (Å²) < 4.78 is 0. The second-order valence-electron chi connectivity index (χ2n) is 6.37. The summed E-state index contributed by atoms with van der Waals surface area (Å²) in [4.78, 5) is 15.7. The summed E-state index contributed by atoms with van der Waals surface area (Å²) in [5.41, 5.74) is 4.88. The Hall–Kier alpha value is -1.75. The van der Waals surface area contributed by atoms with Gasteiger partial charge in [0.1, 0.15) is 6.04 Å². The molecule has 0 radical (unpaired) electrons. The minimum Gasteiger partial charge on any atom is -0.362 e. The third-order valence-corrected chi connectivity index (χ3v) is 5.96. The van der Waals surface area contributed by atoms with E-state index in [1.165, 1.54) is 22.1 Å².